The van der Waals surface area contributed by atoms with Crippen molar-refractivity contribution in [3.63, 3.8) is 0 Å². The topological polar surface area (TPSA) is 38.9 Å². The molecule has 2 rings (SSSR count). The summed E-state index contributed by atoms with van der Waals surface area (Å²) in [5.41, 5.74) is 12.5. The lowest BCUT2D eigenvalue weighted by molar-refractivity contribution is 0.690. The normalized spacial score (nSPS) is 12.5. The van der Waals surface area contributed by atoms with E-state index in [0.29, 0.717) is 0 Å². The summed E-state index contributed by atoms with van der Waals surface area (Å²) in [5.74, 6) is 0. The first-order valence-electron chi connectivity index (χ1n) is 6.41. The van der Waals surface area contributed by atoms with Gasteiger partial charge < -0.3 is 5.73 Å². The molecule has 1 atom stereocenters. The Labute approximate surface area is 123 Å². The lowest BCUT2D eigenvalue weighted by Gasteiger charge is -2.16. The highest BCUT2D eigenvalue weighted by Gasteiger charge is 2.12. The van der Waals surface area contributed by atoms with Gasteiger partial charge in [0.2, 0.25) is 0 Å². The molecule has 1 heterocycles. The van der Waals surface area contributed by atoms with Gasteiger partial charge in [0.25, 0.3) is 0 Å². The van der Waals surface area contributed by atoms with Gasteiger partial charge in [-0.05, 0) is 71.9 Å². The van der Waals surface area contributed by atoms with Crippen LogP contribution in [0.15, 0.2) is 34.9 Å². The summed E-state index contributed by atoms with van der Waals surface area (Å²) in [6.07, 6.45) is 2.62. The van der Waals surface area contributed by atoms with Crippen LogP contribution >= 0.6 is 15.9 Å². The molecule has 2 aromatic rings. The van der Waals surface area contributed by atoms with E-state index >= 15 is 0 Å². The third-order valence-electron chi connectivity index (χ3n) is 3.39. The fraction of sp³-hybridized carbons (Fsp3) is 0.312. The molecule has 0 aliphatic heterocycles. The van der Waals surface area contributed by atoms with Gasteiger partial charge in [0.15, 0.2) is 0 Å². The molecule has 0 saturated heterocycles. The predicted molar refractivity (Wildman–Crippen MR) is 83.2 cm³/mol. The third-order valence-corrected chi connectivity index (χ3v) is 3.86. The van der Waals surface area contributed by atoms with E-state index in [2.05, 4.69) is 53.8 Å². The fourth-order valence-electron chi connectivity index (χ4n) is 2.46. The smallest absolute Gasteiger partial charge is 0.0575 e. The van der Waals surface area contributed by atoms with Gasteiger partial charge in [-0.2, -0.15) is 0 Å². The van der Waals surface area contributed by atoms with E-state index in [0.717, 1.165) is 16.6 Å². The number of hydrogen-bond acceptors (Lipinski definition) is 2. The zero-order valence-corrected chi connectivity index (χ0v) is 13.2. The maximum absolute atomic E-state index is 6.28. The Kier molecular flexibility index (Phi) is 4.38. The fourth-order valence-corrected chi connectivity index (χ4v) is 2.70. The quantitative estimate of drug-likeness (QED) is 0.928. The number of nitrogens with zero attached hydrogens (tertiary/aromatic N) is 1. The van der Waals surface area contributed by atoms with E-state index < -0.39 is 0 Å². The Balaban J connectivity index is 2.24. The summed E-state index contributed by atoms with van der Waals surface area (Å²) in [4.78, 5) is 4.38. The van der Waals surface area contributed by atoms with E-state index in [1.165, 1.54) is 22.3 Å². The van der Waals surface area contributed by atoms with Gasteiger partial charge in [0.1, 0.15) is 0 Å². The SMILES string of the molecule is Cc1cc(C)c(CC(N)c2ccc(Br)cn2)c(C)c1. The molecule has 0 radical (unpaired) electrons. The van der Waals surface area contributed by atoms with Gasteiger partial charge in [-0.3, -0.25) is 4.98 Å². The van der Waals surface area contributed by atoms with Gasteiger partial charge in [-0.15, -0.1) is 0 Å². The number of benzene rings is 1. The molecule has 0 aliphatic carbocycles. The predicted octanol–water partition coefficient (Wildman–Crippen LogP) is 4.01. The number of rotatable bonds is 3. The lowest BCUT2D eigenvalue weighted by Crippen LogP contribution is -2.16. The minimum absolute atomic E-state index is 0.0618. The molecule has 0 spiro atoms. The second-order valence-corrected chi connectivity index (χ2v) is 6.00. The molecule has 19 heavy (non-hydrogen) atoms. The molecule has 1 aromatic carbocycles. The van der Waals surface area contributed by atoms with E-state index in [1.54, 1.807) is 6.20 Å². The Morgan fingerprint density at radius 2 is 1.79 bits per heavy atom. The first kappa shape index (κ1) is 14.2. The zero-order valence-electron chi connectivity index (χ0n) is 11.6. The number of pyridine rings is 1. The second kappa shape index (κ2) is 5.85. The molecule has 1 aromatic heterocycles. The minimum atomic E-state index is -0.0618. The number of nitrogens with two attached hydrogens (primary N) is 1. The highest BCUT2D eigenvalue weighted by molar-refractivity contribution is 9.10. The van der Waals surface area contributed by atoms with Crippen LogP contribution in [0.1, 0.15) is 34.0 Å². The lowest BCUT2D eigenvalue weighted by atomic mass is 9.93. The molecule has 0 bridgehead atoms. The van der Waals surface area contributed by atoms with E-state index in [4.69, 9.17) is 5.73 Å². The van der Waals surface area contributed by atoms with Crippen molar-refractivity contribution in [3.05, 3.63) is 62.9 Å². The average Bonchev–Trinajstić information content (AvgIpc) is 2.34. The molecule has 1 unspecified atom stereocenters. The number of aromatic nitrogens is 1. The van der Waals surface area contributed by atoms with Crippen molar-refractivity contribution in [1.82, 2.24) is 4.98 Å². The molecular formula is C16H19BrN2. The largest absolute Gasteiger partial charge is 0.322 e. The van der Waals surface area contributed by atoms with Crippen LogP contribution in [0, 0.1) is 20.8 Å². The number of aryl methyl sites for hydroxylation is 3. The molecule has 0 amide bonds. The Bertz CT molecular complexity index is 553. The summed E-state index contributed by atoms with van der Waals surface area (Å²) >= 11 is 3.39. The van der Waals surface area contributed by atoms with Gasteiger partial charge in [0.05, 0.1) is 11.7 Å². The molecule has 100 valence electrons. The highest BCUT2D eigenvalue weighted by atomic mass is 79.9. The first-order chi connectivity index (χ1) is 8.97. The van der Waals surface area contributed by atoms with E-state index in [9.17, 15) is 0 Å². The summed E-state index contributed by atoms with van der Waals surface area (Å²) in [7, 11) is 0. The van der Waals surface area contributed by atoms with Crippen LogP contribution in [0.3, 0.4) is 0 Å². The standard InChI is InChI=1S/C16H19BrN2/c1-10-6-11(2)14(12(3)7-10)8-15(18)16-5-4-13(17)9-19-16/h4-7,9,15H,8,18H2,1-3H3. The van der Waals surface area contributed by atoms with Gasteiger partial charge in [-0.25, -0.2) is 0 Å². The highest BCUT2D eigenvalue weighted by Crippen LogP contribution is 2.22. The van der Waals surface area contributed by atoms with Crippen LogP contribution in [-0.2, 0) is 6.42 Å². The van der Waals surface area contributed by atoms with Crippen molar-refractivity contribution in [2.24, 2.45) is 5.73 Å². The maximum atomic E-state index is 6.28. The van der Waals surface area contributed by atoms with E-state index in [-0.39, 0.29) is 6.04 Å². The van der Waals surface area contributed by atoms with Gasteiger partial charge >= 0.3 is 0 Å². The zero-order chi connectivity index (χ0) is 14.0. The molecule has 0 saturated carbocycles. The monoisotopic (exact) mass is 318 g/mol. The number of halogens is 1. The van der Waals surface area contributed by atoms with Crippen LogP contribution in [0.2, 0.25) is 0 Å². The Morgan fingerprint density at radius 3 is 2.32 bits per heavy atom. The van der Waals surface area contributed by atoms with Crippen LogP contribution in [-0.4, -0.2) is 4.98 Å². The first-order valence-corrected chi connectivity index (χ1v) is 7.20. The van der Waals surface area contributed by atoms with Gasteiger partial charge in [0, 0.05) is 10.7 Å². The van der Waals surface area contributed by atoms with Crippen LogP contribution < -0.4 is 5.73 Å². The number of hydrogen-bond donors (Lipinski definition) is 1. The minimum Gasteiger partial charge on any atom is -0.322 e. The molecule has 2 N–H and O–H groups in total. The molecule has 0 fully saturated rings. The Morgan fingerprint density at radius 1 is 1.16 bits per heavy atom. The Hall–Kier alpha value is -1.19. The summed E-state index contributed by atoms with van der Waals surface area (Å²) in [6.45, 7) is 6.42. The van der Waals surface area contributed by atoms with E-state index in [1.807, 2.05) is 12.1 Å². The molecule has 0 aliphatic rings. The molecule has 3 heteroatoms. The van der Waals surface area contributed by atoms with Crippen molar-refractivity contribution < 1.29 is 0 Å². The van der Waals surface area contributed by atoms with Gasteiger partial charge in [-0.1, -0.05) is 17.7 Å². The molecule has 2 nitrogen and oxygen atoms in total. The van der Waals surface area contributed by atoms with Crippen molar-refractivity contribution in [2.45, 2.75) is 33.2 Å². The summed E-state index contributed by atoms with van der Waals surface area (Å²) in [6, 6.07) is 8.33. The van der Waals surface area contributed by atoms with Crippen molar-refractivity contribution >= 4 is 15.9 Å². The summed E-state index contributed by atoms with van der Waals surface area (Å²) in [5, 5.41) is 0. The van der Waals surface area contributed by atoms with Crippen molar-refractivity contribution in [3.8, 4) is 0 Å². The third kappa shape index (κ3) is 3.43. The average molecular weight is 319 g/mol. The second-order valence-electron chi connectivity index (χ2n) is 5.09. The van der Waals surface area contributed by atoms with Crippen LogP contribution in [0.5, 0.6) is 0 Å². The van der Waals surface area contributed by atoms with Crippen molar-refractivity contribution in [2.75, 3.05) is 0 Å². The van der Waals surface area contributed by atoms with Crippen LogP contribution in [0.4, 0.5) is 0 Å². The van der Waals surface area contributed by atoms with Crippen molar-refractivity contribution in [1.29, 1.82) is 0 Å². The summed E-state index contributed by atoms with van der Waals surface area (Å²) < 4.78 is 0.978. The molecular weight excluding hydrogens is 300 g/mol. The van der Waals surface area contributed by atoms with Crippen LogP contribution in [0.25, 0.3) is 0 Å². The maximum Gasteiger partial charge on any atom is 0.0575 e.